The molecule has 1 atom stereocenters. The summed E-state index contributed by atoms with van der Waals surface area (Å²) in [6, 6.07) is 10.9. The first kappa shape index (κ1) is 17.7. The minimum absolute atomic E-state index is 0.0166. The van der Waals surface area contributed by atoms with E-state index in [9.17, 15) is 9.18 Å². The van der Waals surface area contributed by atoms with Crippen molar-refractivity contribution >= 4 is 5.91 Å². The van der Waals surface area contributed by atoms with Crippen LogP contribution >= 0.6 is 0 Å². The number of nitrogens with zero attached hydrogens (tertiary/aromatic N) is 1. The summed E-state index contributed by atoms with van der Waals surface area (Å²) >= 11 is 0. The van der Waals surface area contributed by atoms with Gasteiger partial charge in [-0.1, -0.05) is 18.6 Å². The van der Waals surface area contributed by atoms with E-state index in [0.717, 1.165) is 31.7 Å². The van der Waals surface area contributed by atoms with Crippen LogP contribution in [0.2, 0.25) is 0 Å². The van der Waals surface area contributed by atoms with Crippen molar-refractivity contribution in [2.24, 2.45) is 0 Å². The van der Waals surface area contributed by atoms with Gasteiger partial charge in [-0.25, -0.2) is 4.39 Å². The second kappa shape index (κ2) is 8.30. The fourth-order valence-corrected chi connectivity index (χ4v) is 3.48. The maximum atomic E-state index is 13.9. The molecular weight excluding hydrogens is 319 g/mol. The molecule has 134 valence electrons. The standard InChI is InChI=1S/C20H25FN2O2/c1-15(24)22-12-11-16-6-4-5-13-23(16)14-17-9-10-20(25-17)18-7-2-3-8-19(18)21/h2-3,7-10,16H,4-6,11-14H2,1H3,(H,22,24). The molecule has 0 radical (unpaired) electrons. The first-order valence-corrected chi connectivity index (χ1v) is 8.95. The number of furan rings is 1. The number of carbonyl (C=O) groups excluding carboxylic acids is 1. The molecule has 5 heteroatoms. The van der Waals surface area contributed by atoms with Crippen molar-refractivity contribution in [1.29, 1.82) is 0 Å². The van der Waals surface area contributed by atoms with E-state index >= 15 is 0 Å². The molecule has 2 heterocycles. The van der Waals surface area contributed by atoms with E-state index in [4.69, 9.17) is 4.42 Å². The van der Waals surface area contributed by atoms with Gasteiger partial charge in [0, 0.05) is 19.5 Å². The lowest BCUT2D eigenvalue weighted by atomic mass is 9.99. The normalized spacial score (nSPS) is 18.2. The average molecular weight is 344 g/mol. The predicted molar refractivity (Wildman–Crippen MR) is 95.5 cm³/mol. The third-order valence-electron chi connectivity index (χ3n) is 4.76. The minimum atomic E-state index is -0.269. The van der Waals surface area contributed by atoms with Crippen molar-refractivity contribution < 1.29 is 13.6 Å². The summed E-state index contributed by atoms with van der Waals surface area (Å²) in [6.07, 6.45) is 4.48. The van der Waals surface area contributed by atoms with Crippen LogP contribution in [0.4, 0.5) is 4.39 Å². The Bertz CT molecular complexity index is 713. The Labute approximate surface area is 148 Å². The van der Waals surface area contributed by atoms with Gasteiger partial charge in [-0.3, -0.25) is 9.69 Å². The molecule has 1 aliphatic rings. The second-order valence-corrected chi connectivity index (χ2v) is 6.64. The summed E-state index contributed by atoms with van der Waals surface area (Å²) in [7, 11) is 0. The Morgan fingerprint density at radius 2 is 2.12 bits per heavy atom. The zero-order valence-corrected chi connectivity index (χ0v) is 14.6. The van der Waals surface area contributed by atoms with Crippen molar-refractivity contribution in [3.05, 3.63) is 48.0 Å². The summed E-state index contributed by atoms with van der Waals surface area (Å²) in [5.41, 5.74) is 0.495. The number of carbonyl (C=O) groups is 1. The lowest BCUT2D eigenvalue weighted by Gasteiger charge is -2.35. The van der Waals surface area contributed by atoms with Crippen LogP contribution in [-0.4, -0.2) is 29.9 Å². The highest BCUT2D eigenvalue weighted by atomic mass is 19.1. The number of likely N-dealkylation sites (tertiary alicyclic amines) is 1. The van der Waals surface area contributed by atoms with Gasteiger partial charge in [0.2, 0.25) is 5.91 Å². The predicted octanol–water partition coefficient (Wildman–Crippen LogP) is 3.97. The van der Waals surface area contributed by atoms with E-state index in [-0.39, 0.29) is 11.7 Å². The highest BCUT2D eigenvalue weighted by Gasteiger charge is 2.23. The number of nitrogens with one attached hydrogen (secondary N) is 1. The van der Waals surface area contributed by atoms with Gasteiger partial charge in [0.05, 0.1) is 12.1 Å². The van der Waals surface area contributed by atoms with E-state index in [2.05, 4.69) is 10.2 Å². The SMILES string of the molecule is CC(=O)NCCC1CCCCN1Cc1ccc(-c2ccccc2F)o1. The third kappa shape index (κ3) is 4.69. The number of amides is 1. The maximum absolute atomic E-state index is 13.9. The molecule has 3 rings (SSSR count). The van der Waals surface area contributed by atoms with Crippen LogP contribution in [0.25, 0.3) is 11.3 Å². The molecule has 1 N–H and O–H groups in total. The maximum Gasteiger partial charge on any atom is 0.216 e. The van der Waals surface area contributed by atoms with Gasteiger partial charge in [0.25, 0.3) is 0 Å². The summed E-state index contributed by atoms with van der Waals surface area (Å²) in [5.74, 6) is 1.17. The molecule has 2 aromatic rings. The average Bonchev–Trinajstić information content (AvgIpc) is 3.05. The zero-order valence-electron chi connectivity index (χ0n) is 14.6. The molecule has 1 saturated heterocycles. The Hall–Kier alpha value is -2.14. The van der Waals surface area contributed by atoms with Gasteiger partial charge in [-0.15, -0.1) is 0 Å². The van der Waals surface area contributed by atoms with Gasteiger partial charge in [0.1, 0.15) is 17.3 Å². The second-order valence-electron chi connectivity index (χ2n) is 6.64. The van der Waals surface area contributed by atoms with E-state index in [0.29, 0.717) is 23.9 Å². The molecule has 1 aliphatic heterocycles. The molecule has 0 spiro atoms. The summed E-state index contributed by atoms with van der Waals surface area (Å²) < 4.78 is 19.8. The lowest BCUT2D eigenvalue weighted by Crippen LogP contribution is -2.40. The largest absolute Gasteiger partial charge is 0.460 e. The topological polar surface area (TPSA) is 45.5 Å². The number of hydrogen-bond acceptors (Lipinski definition) is 3. The van der Waals surface area contributed by atoms with Crippen LogP contribution in [0.1, 0.15) is 38.4 Å². The fourth-order valence-electron chi connectivity index (χ4n) is 3.48. The molecule has 25 heavy (non-hydrogen) atoms. The Morgan fingerprint density at radius 1 is 1.28 bits per heavy atom. The summed E-state index contributed by atoms with van der Waals surface area (Å²) in [5, 5.41) is 2.88. The van der Waals surface area contributed by atoms with Crippen molar-refractivity contribution in [3.63, 3.8) is 0 Å². The Morgan fingerprint density at radius 3 is 2.92 bits per heavy atom. The molecule has 1 fully saturated rings. The monoisotopic (exact) mass is 344 g/mol. The molecule has 0 bridgehead atoms. The van der Waals surface area contributed by atoms with Gasteiger partial charge < -0.3 is 9.73 Å². The van der Waals surface area contributed by atoms with E-state index in [1.165, 1.54) is 18.9 Å². The van der Waals surface area contributed by atoms with Crippen LogP contribution in [0.15, 0.2) is 40.8 Å². The lowest BCUT2D eigenvalue weighted by molar-refractivity contribution is -0.119. The van der Waals surface area contributed by atoms with Crippen LogP contribution in [0.3, 0.4) is 0 Å². The Kier molecular flexibility index (Phi) is 5.87. The van der Waals surface area contributed by atoms with Gasteiger partial charge >= 0.3 is 0 Å². The number of halogens is 1. The minimum Gasteiger partial charge on any atom is -0.460 e. The molecule has 1 aromatic carbocycles. The zero-order chi connectivity index (χ0) is 17.6. The Balaban J connectivity index is 1.64. The quantitative estimate of drug-likeness (QED) is 0.862. The van der Waals surface area contributed by atoms with Crippen LogP contribution in [-0.2, 0) is 11.3 Å². The summed E-state index contributed by atoms with van der Waals surface area (Å²) in [4.78, 5) is 13.5. The molecule has 1 aromatic heterocycles. The number of benzene rings is 1. The molecule has 0 aliphatic carbocycles. The highest BCUT2D eigenvalue weighted by Crippen LogP contribution is 2.27. The summed E-state index contributed by atoms with van der Waals surface area (Å²) in [6.45, 7) is 4.00. The van der Waals surface area contributed by atoms with Crippen molar-refractivity contribution in [1.82, 2.24) is 10.2 Å². The molecule has 0 saturated carbocycles. The molecule has 1 unspecified atom stereocenters. The molecular formula is C20H25FN2O2. The first-order chi connectivity index (χ1) is 12.1. The van der Waals surface area contributed by atoms with Crippen molar-refractivity contribution in [2.45, 2.75) is 45.2 Å². The van der Waals surface area contributed by atoms with Crippen LogP contribution < -0.4 is 5.32 Å². The van der Waals surface area contributed by atoms with E-state index in [1.807, 2.05) is 18.2 Å². The molecule has 4 nitrogen and oxygen atoms in total. The van der Waals surface area contributed by atoms with Crippen LogP contribution in [0.5, 0.6) is 0 Å². The third-order valence-corrected chi connectivity index (χ3v) is 4.76. The van der Waals surface area contributed by atoms with E-state index in [1.54, 1.807) is 19.1 Å². The van der Waals surface area contributed by atoms with Crippen molar-refractivity contribution in [2.75, 3.05) is 13.1 Å². The van der Waals surface area contributed by atoms with Gasteiger partial charge in [-0.05, 0) is 50.1 Å². The smallest absolute Gasteiger partial charge is 0.216 e. The van der Waals surface area contributed by atoms with Gasteiger partial charge in [0.15, 0.2) is 0 Å². The van der Waals surface area contributed by atoms with Gasteiger partial charge in [-0.2, -0.15) is 0 Å². The number of piperidine rings is 1. The number of rotatable bonds is 6. The first-order valence-electron chi connectivity index (χ1n) is 8.95. The number of hydrogen-bond donors (Lipinski definition) is 1. The van der Waals surface area contributed by atoms with Crippen molar-refractivity contribution in [3.8, 4) is 11.3 Å². The van der Waals surface area contributed by atoms with Crippen LogP contribution in [0, 0.1) is 5.82 Å². The highest BCUT2D eigenvalue weighted by molar-refractivity contribution is 5.72. The molecule has 1 amide bonds. The van der Waals surface area contributed by atoms with E-state index < -0.39 is 0 Å². The fraction of sp³-hybridized carbons (Fsp3) is 0.450.